The van der Waals surface area contributed by atoms with Crippen molar-refractivity contribution in [1.82, 2.24) is 0 Å². The van der Waals surface area contributed by atoms with Crippen LogP contribution in [0.5, 0.6) is 0 Å². The van der Waals surface area contributed by atoms with E-state index in [0.29, 0.717) is 36.0 Å². The Morgan fingerprint density at radius 1 is 0.850 bits per heavy atom. The Bertz CT molecular complexity index is 379. The minimum absolute atomic E-state index is 0.450. The van der Waals surface area contributed by atoms with E-state index in [4.69, 9.17) is 0 Å². The molecule has 0 bridgehead atoms. The van der Waals surface area contributed by atoms with Crippen LogP contribution in [0.2, 0.25) is 11.6 Å². The van der Waals surface area contributed by atoms with E-state index in [-0.39, 0.29) is 0 Å². The summed E-state index contributed by atoms with van der Waals surface area (Å²) in [5.74, 6) is 3.23. The summed E-state index contributed by atoms with van der Waals surface area (Å²) in [6.07, 6.45) is 2.16. The van der Waals surface area contributed by atoms with Crippen molar-refractivity contribution >= 4 is 6.71 Å². The van der Waals surface area contributed by atoms with Gasteiger partial charge in [-0.3, -0.25) is 0 Å². The molecule has 0 spiro atoms. The minimum Gasteiger partial charge on any atom is -0.103 e. The van der Waals surface area contributed by atoms with Crippen LogP contribution in [-0.4, -0.2) is 6.71 Å². The predicted octanol–water partition coefficient (Wildman–Crippen LogP) is 6.08. The second-order valence-electron chi connectivity index (χ2n) is 6.96. The molecule has 0 aliphatic heterocycles. The summed E-state index contributed by atoms with van der Waals surface area (Å²) in [7, 11) is 0. The zero-order valence-electron chi connectivity index (χ0n) is 14.1. The summed E-state index contributed by atoms with van der Waals surface area (Å²) >= 11 is 0. The molecule has 110 valence electrons. The smallest absolute Gasteiger partial charge is 0.103 e. The highest BCUT2D eigenvalue weighted by Gasteiger charge is 2.36. The van der Waals surface area contributed by atoms with Gasteiger partial charge in [-0.2, -0.15) is 0 Å². The van der Waals surface area contributed by atoms with Crippen molar-refractivity contribution in [3.63, 3.8) is 0 Å². The summed E-state index contributed by atoms with van der Waals surface area (Å²) in [5.41, 5.74) is 1.41. The fourth-order valence-electron chi connectivity index (χ4n) is 3.21. The molecule has 1 aromatic carbocycles. The van der Waals surface area contributed by atoms with Crippen molar-refractivity contribution < 1.29 is 0 Å². The molecule has 0 nitrogen and oxygen atoms in total. The Morgan fingerprint density at radius 3 is 1.65 bits per heavy atom. The molecule has 1 rings (SSSR count). The number of hydrogen-bond donors (Lipinski definition) is 0. The molecule has 0 aromatic heterocycles. The summed E-state index contributed by atoms with van der Waals surface area (Å²) < 4.78 is 0. The summed E-state index contributed by atoms with van der Waals surface area (Å²) in [5, 5.41) is 0. The topological polar surface area (TPSA) is 0 Å². The Hall–Kier alpha value is -0.975. The van der Waals surface area contributed by atoms with Crippen LogP contribution in [0, 0.1) is 11.8 Å². The van der Waals surface area contributed by atoms with Gasteiger partial charge >= 0.3 is 0 Å². The second-order valence-corrected chi connectivity index (χ2v) is 6.96. The van der Waals surface area contributed by atoms with E-state index < -0.39 is 0 Å². The van der Waals surface area contributed by atoms with Crippen molar-refractivity contribution in [3.8, 4) is 0 Å². The standard InChI is InChI=1S/C19H31B/c1-8-19(18-12-10-9-11-13-18)20(16(6)14(2)3)17(7)15(4)5/h8-17,19H,1H2,2-7H3. The lowest BCUT2D eigenvalue weighted by Crippen LogP contribution is -2.35. The van der Waals surface area contributed by atoms with Crippen molar-refractivity contribution in [2.24, 2.45) is 11.8 Å². The third-order valence-corrected chi connectivity index (χ3v) is 5.17. The van der Waals surface area contributed by atoms with Gasteiger partial charge in [-0.1, -0.05) is 101 Å². The molecule has 0 heterocycles. The monoisotopic (exact) mass is 270 g/mol. The quantitative estimate of drug-likeness (QED) is 0.416. The third kappa shape index (κ3) is 4.01. The first kappa shape index (κ1) is 17.1. The first-order chi connectivity index (χ1) is 9.40. The van der Waals surface area contributed by atoms with Gasteiger partial charge in [0.25, 0.3) is 0 Å². The summed E-state index contributed by atoms with van der Waals surface area (Å²) in [6, 6.07) is 10.9. The fourth-order valence-corrected chi connectivity index (χ4v) is 3.21. The molecular weight excluding hydrogens is 239 g/mol. The molecule has 0 aliphatic rings. The van der Waals surface area contributed by atoms with Gasteiger partial charge in [0.1, 0.15) is 0 Å². The van der Waals surface area contributed by atoms with Crippen molar-refractivity contribution in [2.45, 2.75) is 59.0 Å². The van der Waals surface area contributed by atoms with E-state index in [1.165, 1.54) is 5.56 Å². The molecule has 0 saturated heterocycles. The van der Waals surface area contributed by atoms with Crippen LogP contribution in [0.25, 0.3) is 0 Å². The van der Waals surface area contributed by atoms with Crippen LogP contribution < -0.4 is 0 Å². The van der Waals surface area contributed by atoms with Gasteiger partial charge in [0.2, 0.25) is 0 Å². The van der Waals surface area contributed by atoms with Gasteiger partial charge in [0.05, 0.1) is 0 Å². The van der Waals surface area contributed by atoms with Crippen LogP contribution in [0.3, 0.4) is 0 Å². The Morgan fingerprint density at radius 2 is 1.30 bits per heavy atom. The van der Waals surface area contributed by atoms with E-state index >= 15 is 0 Å². The first-order valence-electron chi connectivity index (χ1n) is 8.07. The highest BCUT2D eigenvalue weighted by Crippen LogP contribution is 2.40. The van der Waals surface area contributed by atoms with Crippen molar-refractivity contribution in [3.05, 3.63) is 48.6 Å². The lowest BCUT2D eigenvalue weighted by Gasteiger charge is -2.36. The van der Waals surface area contributed by atoms with Gasteiger partial charge < -0.3 is 0 Å². The SMILES string of the molecule is C=CC(B(C(C)C(C)C)C(C)C(C)C)c1ccccc1. The maximum atomic E-state index is 4.14. The second kappa shape index (κ2) is 7.71. The van der Waals surface area contributed by atoms with Gasteiger partial charge in [-0.15, -0.1) is 6.58 Å². The van der Waals surface area contributed by atoms with E-state index in [0.717, 1.165) is 0 Å². The molecule has 1 heteroatoms. The van der Waals surface area contributed by atoms with E-state index in [1.54, 1.807) is 0 Å². The van der Waals surface area contributed by atoms with E-state index in [2.05, 4.69) is 84.5 Å². The van der Waals surface area contributed by atoms with Crippen molar-refractivity contribution in [1.29, 1.82) is 0 Å². The average molecular weight is 270 g/mol. The lowest BCUT2D eigenvalue weighted by molar-refractivity contribution is 0.555. The van der Waals surface area contributed by atoms with Gasteiger partial charge in [-0.05, 0) is 11.4 Å². The average Bonchev–Trinajstić information content (AvgIpc) is 2.43. The number of allylic oxidation sites excluding steroid dienone is 1. The number of benzene rings is 1. The molecular formula is C19H31B. The van der Waals surface area contributed by atoms with Crippen LogP contribution >= 0.6 is 0 Å². The minimum atomic E-state index is 0.450. The molecule has 3 atom stereocenters. The zero-order valence-corrected chi connectivity index (χ0v) is 14.1. The van der Waals surface area contributed by atoms with Crippen LogP contribution in [0.1, 0.15) is 52.9 Å². The largest absolute Gasteiger partial charge is 0.159 e. The molecule has 0 amide bonds. The fraction of sp³-hybridized carbons (Fsp3) is 0.579. The highest BCUT2D eigenvalue weighted by molar-refractivity contribution is 6.64. The Kier molecular flexibility index (Phi) is 6.59. The Balaban J connectivity index is 3.16. The summed E-state index contributed by atoms with van der Waals surface area (Å²) in [4.78, 5) is 0. The molecule has 0 aliphatic carbocycles. The normalized spacial score (nSPS) is 16.0. The maximum absolute atomic E-state index is 4.14. The molecule has 0 N–H and O–H groups in total. The first-order valence-corrected chi connectivity index (χ1v) is 8.07. The molecule has 0 fully saturated rings. The maximum Gasteiger partial charge on any atom is 0.159 e. The molecule has 1 aromatic rings. The van der Waals surface area contributed by atoms with Crippen molar-refractivity contribution in [2.75, 3.05) is 0 Å². The van der Waals surface area contributed by atoms with Gasteiger partial charge in [-0.25, -0.2) is 0 Å². The van der Waals surface area contributed by atoms with Crippen LogP contribution in [-0.2, 0) is 0 Å². The van der Waals surface area contributed by atoms with Crippen LogP contribution in [0.4, 0.5) is 0 Å². The Labute approximate surface area is 126 Å². The molecule has 20 heavy (non-hydrogen) atoms. The molecule has 3 unspecified atom stereocenters. The van der Waals surface area contributed by atoms with Gasteiger partial charge in [0.15, 0.2) is 6.71 Å². The molecule has 0 saturated carbocycles. The van der Waals surface area contributed by atoms with Crippen LogP contribution in [0.15, 0.2) is 43.0 Å². The third-order valence-electron chi connectivity index (χ3n) is 5.17. The number of rotatable bonds is 7. The lowest BCUT2D eigenvalue weighted by atomic mass is 9.25. The number of hydrogen-bond acceptors (Lipinski definition) is 0. The molecule has 0 radical (unpaired) electrons. The summed E-state index contributed by atoms with van der Waals surface area (Å²) in [6.45, 7) is 19.0. The predicted molar refractivity (Wildman–Crippen MR) is 93.7 cm³/mol. The van der Waals surface area contributed by atoms with Gasteiger partial charge in [0, 0.05) is 0 Å². The zero-order chi connectivity index (χ0) is 15.3. The highest BCUT2D eigenvalue weighted by atomic mass is 14.2. The van der Waals surface area contributed by atoms with E-state index in [1.807, 2.05) is 0 Å². The van der Waals surface area contributed by atoms with E-state index in [9.17, 15) is 0 Å².